The fourth-order valence-corrected chi connectivity index (χ4v) is 1.99. The van der Waals surface area contributed by atoms with Crippen LogP contribution >= 0.6 is 0 Å². The normalized spacial score (nSPS) is 10.9. The van der Waals surface area contributed by atoms with Gasteiger partial charge in [-0.25, -0.2) is 0 Å². The van der Waals surface area contributed by atoms with E-state index in [1.807, 2.05) is 6.08 Å². The van der Waals surface area contributed by atoms with Crippen molar-refractivity contribution in [1.29, 1.82) is 0 Å². The predicted molar refractivity (Wildman–Crippen MR) is 59.1 cm³/mol. The van der Waals surface area contributed by atoms with Crippen molar-refractivity contribution in [3.63, 3.8) is 0 Å². The third-order valence-electron chi connectivity index (χ3n) is 1.90. The van der Waals surface area contributed by atoms with Crippen molar-refractivity contribution < 1.29 is 0 Å². The van der Waals surface area contributed by atoms with Crippen LogP contribution in [0.15, 0.2) is 29.2 Å². The fraction of sp³-hybridized carbons (Fsp3) is 0.0909. The Bertz CT molecular complexity index is 415. The monoisotopic (exact) mass is 250 g/mol. The molecule has 2 rings (SSSR count). The van der Waals surface area contributed by atoms with Crippen LogP contribution in [-0.4, -0.2) is 23.9 Å². The van der Waals surface area contributed by atoms with Crippen molar-refractivity contribution in [2.24, 2.45) is 0 Å². The summed E-state index contributed by atoms with van der Waals surface area (Å²) in [4.78, 5) is 2.07. The molecular formula is C11H10N2Se. The molecule has 0 radical (unpaired) electrons. The third-order valence-corrected chi connectivity index (χ3v) is 3.00. The number of hydrogen-bond acceptors (Lipinski definition) is 2. The van der Waals surface area contributed by atoms with Crippen LogP contribution in [0.4, 0.5) is 0 Å². The number of nitrogens with zero attached hydrogens (tertiary/aromatic N) is 2. The van der Waals surface area contributed by atoms with Gasteiger partial charge in [0.05, 0.1) is 0 Å². The van der Waals surface area contributed by atoms with Gasteiger partial charge in [-0.15, -0.1) is 0 Å². The predicted octanol–water partition coefficient (Wildman–Crippen LogP) is 2.01. The molecule has 0 spiro atoms. The minimum atomic E-state index is 0.229. The van der Waals surface area contributed by atoms with Crippen molar-refractivity contribution in [3.05, 3.63) is 46.0 Å². The minimum absolute atomic E-state index is 0.229. The van der Waals surface area contributed by atoms with Crippen LogP contribution < -0.4 is 0 Å². The first kappa shape index (κ1) is 9.38. The summed E-state index contributed by atoms with van der Waals surface area (Å²) in [6.07, 6.45) is 4.06. The van der Waals surface area contributed by atoms with Gasteiger partial charge in [-0.2, -0.15) is 0 Å². The molecule has 3 heteroatoms. The molecule has 0 N–H and O–H groups in total. The Hall–Kier alpha value is -1.18. The Balaban J connectivity index is 2.15. The maximum absolute atomic E-state index is 4.00. The van der Waals surface area contributed by atoms with Crippen molar-refractivity contribution in [2.75, 3.05) is 0 Å². The molecule has 1 aromatic carbocycles. The van der Waals surface area contributed by atoms with Gasteiger partial charge in [-0.3, -0.25) is 0 Å². The van der Waals surface area contributed by atoms with E-state index in [1.54, 1.807) is 0 Å². The van der Waals surface area contributed by atoms with E-state index in [2.05, 4.69) is 51.4 Å². The Kier molecular flexibility index (Phi) is 2.92. The van der Waals surface area contributed by atoms with Gasteiger partial charge in [0.15, 0.2) is 0 Å². The molecule has 1 heterocycles. The zero-order valence-corrected chi connectivity index (χ0v) is 9.56. The second-order valence-corrected chi connectivity index (χ2v) is 4.35. The molecule has 0 unspecified atom stereocenters. The standard InChI is InChI=1S/C11H10N2Se/c1-9-2-4-10(5-3-9)6-7-11-8-14-13-12-11/h2-8H,1H3/b7-6+. The van der Waals surface area contributed by atoms with Gasteiger partial charge in [0, 0.05) is 0 Å². The topological polar surface area (TPSA) is 25.8 Å². The molecule has 0 fully saturated rings. The van der Waals surface area contributed by atoms with E-state index in [9.17, 15) is 0 Å². The van der Waals surface area contributed by atoms with Gasteiger partial charge in [0.2, 0.25) is 0 Å². The van der Waals surface area contributed by atoms with Crippen LogP contribution in [0.5, 0.6) is 0 Å². The van der Waals surface area contributed by atoms with Crippen molar-refractivity contribution in [3.8, 4) is 0 Å². The zero-order chi connectivity index (χ0) is 9.80. The zero-order valence-electron chi connectivity index (χ0n) is 7.84. The molecule has 2 aromatic rings. The Morgan fingerprint density at radius 1 is 1.14 bits per heavy atom. The van der Waals surface area contributed by atoms with Gasteiger partial charge >= 0.3 is 89.0 Å². The maximum atomic E-state index is 4.00. The molecular weight excluding hydrogens is 239 g/mol. The van der Waals surface area contributed by atoms with Crippen LogP contribution in [0.3, 0.4) is 0 Å². The third kappa shape index (κ3) is 2.41. The van der Waals surface area contributed by atoms with E-state index in [4.69, 9.17) is 0 Å². The summed E-state index contributed by atoms with van der Waals surface area (Å²) in [5.74, 6) is 0. The number of benzene rings is 1. The summed E-state index contributed by atoms with van der Waals surface area (Å²) in [5, 5.41) is 4.00. The van der Waals surface area contributed by atoms with Crippen molar-refractivity contribution in [2.45, 2.75) is 6.92 Å². The number of rotatable bonds is 2. The van der Waals surface area contributed by atoms with E-state index in [-0.39, 0.29) is 14.7 Å². The second-order valence-electron chi connectivity index (χ2n) is 3.07. The molecule has 0 aliphatic heterocycles. The summed E-state index contributed by atoms with van der Waals surface area (Å²) < 4.78 is 3.93. The molecule has 1 aromatic heterocycles. The SMILES string of the molecule is Cc1ccc(/C=C/c2c[se]nn2)cc1. The number of aromatic nitrogens is 2. The summed E-state index contributed by atoms with van der Waals surface area (Å²) in [7, 11) is 0. The first-order valence-electron chi connectivity index (χ1n) is 4.36. The van der Waals surface area contributed by atoms with Gasteiger partial charge < -0.3 is 0 Å². The average Bonchev–Trinajstić information content (AvgIpc) is 2.70. The van der Waals surface area contributed by atoms with Crippen LogP contribution in [-0.2, 0) is 0 Å². The van der Waals surface area contributed by atoms with Gasteiger partial charge in [0.1, 0.15) is 0 Å². The Morgan fingerprint density at radius 2 is 1.93 bits per heavy atom. The second kappa shape index (κ2) is 4.36. The first-order valence-corrected chi connectivity index (χ1v) is 6.12. The summed E-state index contributed by atoms with van der Waals surface area (Å²) >= 11 is 0.229. The van der Waals surface area contributed by atoms with Gasteiger partial charge in [0.25, 0.3) is 0 Å². The summed E-state index contributed by atoms with van der Waals surface area (Å²) in [6, 6.07) is 8.41. The average molecular weight is 249 g/mol. The summed E-state index contributed by atoms with van der Waals surface area (Å²) in [5.41, 5.74) is 3.46. The van der Waals surface area contributed by atoms with E-state index in [1.165, 1.54) is 11.1 Å². The molecule has 14 heavy (non-hydrogen) atoms. The Labute approximate surface area is 89.3 Å². The number of hydrogen-bond donors (Lipinski definition) is 0. The molecule has 0 saturated carbocycles. The molecule has 0 aliphatic carbocycles. The van der Waals surface area contributed by atoms with Crippen LogP contribution in [0.1, 0.15) is 16.8 Å². The fourth-order valence-electron chi connectivity index (χ4n) is 1.10. The van der Waals surface area contributed by atoms with E-state index in [0.717, 1.165) is 5.69 Å². The molecule has 0 saturated heterocycles. The molecule has 0 aliphatic rings. The van der Waals surface area contributed by atoms with E-state index >= 15 is 0 Å². The van der Waals surface area contributed by atoms with Crippen LogP contribution in [0.25, 0.3) is 12.2 Å². The van der Waals surface area contributed by atoms with Gasteiger partial charge in [-0.05, 0) is 0 Å². The quantitative estimate of drug-likeness (QED) is 0.761. The van der Waals surface area contributed by atoms with E-state index < -0.39 is 0 Å². The summed E-state index contributed by atoms with van der Waals surface area (Å²) in [6.45, 7) is 2.09. The molecule has 70 valence electrons. The molecule has 0 bridgehead atoms. The molecule has 0 atom stereocenters. The van der Waals surface area contributed by atoms with E-state index in [0.29, 0.717) is 0 Å². The molecule has 0 amide bonds. The van der Waals surface area contributed by atoms with Crippen LogP contribution in [0, 0.1) is 6.92 Å². The van der Waals surface area contributed by atoms with Crippen LogP contribution in [0.2, 0.25) is 0 Å². The van der Waals surface area contributed by atoms with Crippen molar-refractivity contribution >= 4 is 26.9 Å². The van der Waals surface area contributed by atoms with Crippen molar-refractivity contribution in [1.82, 2.24) is 9.19 Å². The van der Waals surface area contributed by atoms with Gasteiger partial charge in [-0.1, -0.05) is 0 Å². The first-order chi connectivity index (χ1) is 6.84. The number of aryl methyl sites for hydroxylation is 1. The Morgan fingerprint density at radius 3 is 2.57 bits per heavy atom. The molecule has 2 nitrogen and oxygen atoms in total.